The van der Waals surface area contributed by atoms with Crippen LogP contribution in [0.5, 0.6) is 5.75 Å². The van der Waals surface area contributed by atoms with Gasteiger partial charge in [-0.15, -0.1) is 0 Å². The molecule has 0 bridgehead atoms. The summed E-state index contributed by atoms with van der Waals surface area (Å²) < 4.78 is 11.2. The Morgan fingerprint density at radius 1 is 1.06 bits per heavy atom. The summed E-state index contributed by atoms with van der Waals surface area (Å²) in [6, 6.07) is 8.13. The molecule has 1 aliphatic carbocycles. The third-order valence-corrected chi connectivity index (χ3v) is 6.63. The van der Waals surface area contributed by atoms with Gasteiger partial charge in [-0.2, -0.15) is 0 Å². The highest BCUT2D eigenvalue weighted by Gasteiger charge is 2.25. The molecule has 7 heteroatoms. The lowest BCUT2D eigenvalue weighted by atomic mass is 10.1. The number of hydrogen-bond acceptors (Lipinski definition) is 5. The smallest absolute Gasteiger partial charge is 0.227 e. The predicted molar refractivity (Wildman–Crippen MR) is 120 cm³/mol. The van der Waals surface area contributed by atoms with Gasteiger partial charge in [0, 0.05) is 38.2 Å². The lowest BCUT2D eigenvalue weighted by Gasteiger charge is -2.35. The van der Waals surface area contributed by atoms with Crippen molar-refractivity contribution in [2.24, 2.45) is 0 Å². The molecule has 2 fully saturated rings. The van der Waals surface area contributed by atoms with Crippen LogP contribution in [0.1, 0.15) is 54.7 Å². The van der Waals surface area contributed by atoms with E-state index in [1.807, 2.05) is 35.8 Å². The SMILES string of the molecule is Cc1noc(C)c1CC(=O)N1CCN(C(=O)CCc2cccc(OC3CCCC3)c2)CC1. The summed E-state index contributed by atoms with van der Waals surface area (Å²) in [4.78, 5) is 29.1. The number of carbonyl (C=O) groups excluding carboxylic acids is 2. The molecule has 1 aromatic heterocycles. The second kappa shape index (κ2) is 10.2. The van der Waals surface area contributed by atoms with E-state index in [0.717, 1.165) is 35.4 Å². The van der Waals surface area contributed by atoms with Crippen molar-refractivity contribution in [1.82, 2.24) is 15.0 Å². The highest BCUT2D eigenvalue weighted by Crippen LogP contribution is 2.25. The van der Waals surface area contributed by atoms with Crippen LogP contribution in [0.3, 0.4) is 0 Å². The maximum absolute atomic E-state index is 12.7. The van der Waals surface area contributed by atoms with Gasteiger partial charge in [-0.25, -0.2) is 0 Å². The quantitative estimate of drug-likeness (QED) is 0.660. The van der Waals surface area contributed by atoms with Crippen molar-refractivity contribution in [3.05, 3.63) is 46.8 Å². The average Bonchev–Trinajstić information content (AvgIpc) is 3.43. The van der Waals surface area contributed by atoms with Gasteiger partial charge in [-0.3, -0.25) is 9.59 Å². The minimum Gasteiger partial charge on any atom is -0.490 e. The first-order chi connectivity index (χ1) is 15.5. The van der Waals surface area contributed by atoms with E-state index < -0.39 is 0 Å². The van der Waals surface area contributed by atoms with E-state index in [2.05, 4.69) is 17.3 Å². The molecule has 0 spiro atoms. The lowest BCUT2D eigenvalue weighted by Crippen LogP contribution is -2.51. The van der Waals surface area contributed by atoms with Gasteiger partial charge in [0.25, 0.3) is 0 Å². The molecule has 4 rings (SSSR count). The molecule has 0 unspecified atom stereocenters. The Kier molecular flexibility index (Phi) is 7.12. The van der Waals surface area contributed by atoms with Gasteiger partial charge in [0.2, 0.25) is 11.8 Å². The first kappa shape index (κ1) is 22.4. The Labute approximate surface area is 189 Å². The standard InChI is InChI=1S/C25H33N3O4/c1-18-23(19(2)32-26-18)17-25(30)28-14-12-27(13-15-28)24(29)11-10-20-6-5-9-22(16-20)31-21-7-3-4-8-21/h5-6,9,16,21H,3-4,7-8,10-15,17H2,1-2H3. The third kappa shape index (κ3) is 5.50. The highest BCUT2D eigenvalue weighted by atomic mass is 16.5. The second-order valence-electron chi connectivity index (χ2n) is 8.91. The van der Waals surface area contributed by atoms with Crippen LogP contribution in [0.25, 0.3) is 0 Å². The number of benzene rings is 1. The van der Waals surface area contributed by atoms with Crippen LogP contribution in [0, 0.1) is 13.8 Å². The van der Waals surface area contributed by atoms with Crippen LogP contribution in [0.15, 0.2) is 28.8 Å². The van der Waals surface area contributed by atoms with Crippen LogP contribution in [-0.2, 0) is 22.4 Å². The van der Waals surface area contributed by atoms with Crippen molar-refractivity contribution in [2.75, 3.05) is 26.2 Å². The van der Waals surface area contributed by atoms with Gasteiger partial charge in [0.05, 0.1) is 18.2 Å². The summed E-state index contributed by atoms with van der Waals surface area (Å²) in [7, 11) is 0. The molecule has 2 heterocycles. The monoisotopic (exact) mass is 439 g/mol. The molecule has 7 nitrogen and oxygen atoms in total. The van der Waals surface area contributed by atoms with Crippen molar-refractivity contribution < 1.29 is 18.8 Å². The van der Waals surface area contributed by atoms with Gasteiger partial charge in [0.15, 0.2) is 0 Å². The van der Waals surface area contributed by atoms with Gasteiger partial charge in [-0.1, -0.05) is 17.3 Å². The van der Waals surface area contributed by atoms with Crippen molar-refractivity contribution in [3.63, 3.8) is 0 Å². The molecule has 1 aliphatic heterocycles. The normalized spacial score (nSPS) is 17.1. The van der Waals surface area contributed by atoms with Gasteiger partial charge in [0.1, 0.15) is 11.5 Å². The Hall–Kier alpha value is -2.83. The summed E-state index contributed by atoms with van der Waals surface area (Å²) in [6.45, 7) is 5.98. The molecule has 1 aromatic carbocycles. The van der Waals surface area contributed by atoms with Crippen LogP contribution < -0.4 is 4.74 Å². The van der Waals surface area contributed by atoms with E-state index in [0.29, 0.717) is 57.3 Å². The molecule has 0 atom stereocenters. The van der Waals surface area contributed by atoms with E-state index in [9.17, 15) is 9.59 Å². The Balaban J connectivity index is 1.22. The zero-order valence-electron chi connectivity index (χ0n) is 19.1. The fraction of sp³-hybridized carbons (Fsp3) is 0.560. The number of aromatic nitrogens is 1. The van der Waals surface area contributed by atoms with E-state index in [4.69, 9.17) is 9.26 Å². The first-order valence-corrected chi connectivity index (χ1v) is 11.7. The average molecular weight is 440 g/mol. The summed E-state index contributed by atoms with van der Waals surface area (Å²) in [5.41, 5.74) is 2.76. The Morgan fingerprint density at radius 2 is 1.75 bits per heavy atom. The first-order valence-electron chi connectivity index (χ1n) is 11.7. The van der Waals surface area contributed by atoms with Gasteiger partial charge < -0.3 is 19.1 Å². The molecule has 0 radical (unpaired) electrons. The number of ether oxygens (including phenoxy) is 1. The van der Waals surface area contributed by atoms with E-state index in [1.54, 1.807) is 0 Å². The number of nitrogens with zero attached hydrogens (tertiary/aromatic N) is 3. The zero-order valence-corrected chi connectivity index (χ0v) is 19.1. The summed E-state index contributed by atoms with van der Waals surface area (Å²) in [5.74, 6) is 1.81. The number of piperazine rings is 1. The van der Waals surface area contributed by atoms with Crippen LogP contribution in [-0.4, -0.2) is 59.1 Å². The number of aryl methyl sites for hydroxylation is 3. The highest BCUT2D eigenvalue weighted by molar-refractivity contribution is 5.80. The van der Waals surface area contributed by atoms with E-state index >= 15 is 0 Å². The van der Waals surface area contributed by atoms with Crippen molar-refractivity contribution in [1.29, 1.82) is 0 Å². The largest absolute Gasteiger partial charge is 0.490 e. The minimum absolute atomic E-state index is 0.0607. The van der Waals surface area contributed by atoms with E-state index in [-0.39, 0.29) is 11.8 Å². The number of hydrogen-bond donors (Lipinski definition) is 0. The summed E-state index contributed by atoms with van der Waals surface area (Å²) in [5, 5.41) is 3.92. The predicted octanol–water partition coefficient (Wildman–Crippen LogP) is 3.46. The van der Waals surface area contributed by atoms with Gasteiger partial charge in [-0.05, 0) is 63.6 Å². The third-order valence-electron chi connectivity index (χ3n) is 6.63. The molecule has 32 heavy (non-hydrogen) atoms. The Morgan fingerprint density at radius 3 is 2.41 bits per heavy atom. The second-order valence-corrected chi connectivity index (χ2v) is 8.91. The van der Waals surface area contributed by atoms with E-state index in [1.165, 1.54) is 12.8 Å². The molecule has 2 amide bonds. The lowest BCUT2D eigenvalue weighted by molar-refractivity contribution is -0.139. The Bertz CT molecular complexity index is 921. The topological polar surface area (TPSA) is 75.9 Å². The van der Waals surface area contributed by atoms with Crippen LogP contribution >= 0.6 is 0 Å². The molecule has 2 aromatic rings. The van der Waals surface area contributed by atoms with Crippen molar-refractivity contribution in [3.8, 4) is 5.75 Å². The number of carbonyl (C=O) groups is 2. The molecule has 2 aliphatic rings. The van der Waals surface area contributed by atoms with Crippen molar-refractivity contribution >= 4 is 11.8 Å². The minimum atomic E-state index is 0.0607. The molecular weight excluding hydrogens is 406 g/mol. The molecule has 1 saturated carbocycles. The molecular formula is C25H33N3O4. The van der Waals surface area contributed by atoms with Crippen LogP contribution in [0.2, 0.25) is 0 Å². The van der Waals surface area contributed by atoms with Gasteiger partial charge >= 0.3 is 0 Å². The van der Waals surface area contributed by atoms with Crippen LogP contribution in [0.4, 0.5) is 0 Å². The van der Waals surface area contributed by atoms with Crippen molar-refractivity contribution in [2.45, 2.75) is 64.9 Å². The zero-order chi connectivity index (χ0) is 22.5. The fourth-order valence-corrected chi connectivity index (χ4v) is 4.60. The molecule has 172 valence electrons. The molecule has 1 saturated heterocycles. The summed E-state index contributed by atoms with van der Waals surface area (Å²) in [6.07, 6.45) is 6.57. The maximum atomic E-state index is 12.7. The summed E-state index contributed by atoms with van der Waals surface area (Å²) >= 11 is 0. The molecule has 0 N–H and O–H groups in total. The fourth-order valence-electron chi connectivity index (χ4n) is 4.60. The maximum Gasteiger partial charge on any atom is 0.227 e. The number of amides is 2. The number of rotatable bonds is 7.